The Morgan fingerprint density at radius 2 is 2.18 bits per heavy atom. The van der Waals surface area contributed by atoms with Gasteiger partial charge >= 0.3 is 6.03 Å². The van der Waals surface area contributed by atoms with Crippen LogP contribution in [-0.4, -0.2) is 43.9 Å². The molecular weight excluding hydrogens is 280 g/mol. The number of aromatic nitrogens is 1. The molecule has 6 heteroatoms. The molecule has 1 saturated carbocycles. The van der Waals surface area contributed by atoms with Crippen molar-refractivity contribution >= 4 is 17.5 Å². The van der Waals surface area contributed by atoms with Crippen LogP contribution in [0.1, 0.15) is 20.3 Å². The van der Waals surface area contributed by atoms with Crippen LogP contribution in [0.2, 0.25) is 0 Å². The number of urea groups is 1. The molecule has 2 fully saturated rings. The number of hydrogen-bond acceptors (Lipinski definition) is 4. The van der Waals surface area contributed by atoms with Gasteiger partial charge in [-0.15, -0.1) is 0 Å². The third-order valence-corrected chi connectivity index (χ3v) is 4.85. The number of rotatable bonds is 3. The molecule has 1 aliphatic carbocycles. The lowest BCUT2D eigenvalue weighted by Crippen LogP contribution is -2.67. The van der Waals surface area contributed by atoms with E-state index in [4.69, 9.17) is 4.74 Å². The molecule has 1 saturated heterocycles. The number of fused-ring (bicyclic) bond motifs is 1. The number of carbonyl (C=O) groups excluding carboxylic acids is 1. The summed E-state index contributed by atoms with van der Waals surface area (Å²) < 4.78 is 5.75. The second-order valence-electron chi connectivity index (χ2n) is 6.94. The first-order valence-electron chi connectivity index (χ1n) is 7.72. The van der Waals surface area contributed by atoms with Crippen LogP contribution in [0.15, 0.2) is 18.3 Å². The molecule has 3 rings (SSSR count). The van der Waals surface area contributed by atoms with Crippen molar-refractivity contribution in [2.75, 3.05) is 30.9 Å². The molecule has 2 amide bonds. The summed E-state index contributed by atoms with van der Waals surface area (Å²) in [5, 5.41) is 5.95. The second-order valence-corrected chi connectivity index (χ2v) is 6.94. The van der Waals surface area contributed by atoms with Crippen LogP contribution >= 0.6 is 0 Å². The third kappa shape index (κ3) is 2.52. The summed E-state index contributed by atoms with van der Waals surface area (Å²) in [6, 6.07) is 3.72. The Hall–Kier alpha value is -1.82. The van der Waals surface area contributed by atoms with Crippen molar-refractivity contribution in [2.24, 2.45) is 11.3 Å². The zero-order chi connectivity index (χ0) is 15.9. The SMILES string of the molecule is CN(C)c1ccc(NC(=O)N[C@@H]2[C@H]3CCO[C@@H]3C2(C)C)cn1. The number of anilines is 2. The van der Waals surface area contributed by atoms with E-state index in [1.165, 1.54) is 0 Å². The first-order chi connectivity index (χ1) is 10.4. The molecule has 22 heavy (non-hydrogen) atoms. The number of pyridine rings is 1. The highest BCUT2D eigenvalue weighted by molar-refractivity contribution is 5.89. The summed E-state index contributed by atoms with van der Waals surface area (Å²) >= 11 is 0. The average Bonchev–Trinajstić information content (AvgIpc) is 2.92. The fourth-order valence-electron chi connectivity index (χ4n) is 3.65. The van der Waals surface area contributed by atoms with Crippen molar-refractivity contribution in [3.8, 4) is 0 Å². The predicted molar refractivity (Wildman–Crippen MR) is 86.1 cm³/mol. The minimum absolute atomic E-state index is 0.00840. The minimum atomic E-state index is -0.178. The molecule has 0 radical (unpaired) electrons. The summed E-state index contributed by atoms with van der Waals surface area (Å²) in [4.78, 5) is 18.4. The van der Waals surface area contributed by atoms with E-state index in [1.807, 2.05) is 31.1 Å². The van der Waals surface area contributed by atoms with Crippen LogP contribution in [0, 0.1) is 11.3 Å². The number of ether oxygens (including phenoxy) is 1. The van der Waals surface area contributed by atoms with E-state index in [-0.39, 0.29) is 23.6 Å². The standard InChI is InChI=1S/C16H24N4O2/c1-16(2)13(11-7-8-22-14(11)16)19-15(21)18-10-5-6-12(17-9-10)20(3)4/h5-6,9,11,13-14H,7-8H2,1-4H3,(H2,18,19,21)/t11-,13-,14+/m1/s1. The lowest BCUT2D eigenvalue weighted by molar-refractivity contribution is -0.107. The van der Waals surface area contributed by atoms with Crippen molar-refractivity contribution in [3.05, 3.63) is 18.3 Å². The fraction of sp³-hybridized carbons (Fsp3) is 0.625. The molecule has 6 nitrogen and oxygen atoms in total. The zero-order valence-electron chi connectivity index (χ0n) is 13.6. The normalized spacial score (nSPS) is 28.5. The smallest absolute Gasteiger partial charge is 0.319 e. The van der Waals surface area contributed by atoms with E-state index in [0.717, 1.165) is 18.8 Å². The van der Waals surface area contributed by atoms with Crippen LogP contribution in [0.4, 0.5) is 16.3 Å². The number of carbonyl (C=O) groups is 1. The molecule has 0 aromatic carbocycles. The summed E-state index contributed by atoms with van der Waals surface area (Å²) in [5.74, 6) is 1.30. The number of amides is 2. The van der Waals surface area contributed by atoms with Crippen LogP contribution in [-0.2, 0) is 4.74 Å². The Morgan fingerprint density at radius 3 is 2.82 bits per heavy atom. The molecule has 3 atom stereocenters. The Labute approximate surface area is 131 Å². The van der Waals surface area contributed by atoms with Crippen molar-refractivity contribution in [1.29, 1.82) is 0 Å². The van der Waals surface area contributed by atoms with Gasteiger partial charge in [0.05, 0.1) is 18.0 Å². The lowest BCUT2D eigenvalue weighted by atomic mass is 9.57. The van der Waals surface area contributed by atoms with E-state index < -0.39 is 0 Å². The monoisotopic (exact) mass is 304 g/mol. The second kappa shape index (κ2) is 5.43. The highest BCUT2D eigenvalue weighted by Gasteiger charge is 2.59. The molecule has 0 spiro atoms. The lowest BCUT2D eigenvalue weighted by Gasteiger charge is -2.54. The Kier molecular flexibility index (Phi) is 3.72. The molecule has 2 N–H and O–H groups in total. The van der Waals surface area contributed by atoms with Crippen molar-refractivity contribution in [3.63, 3.8) is 0 Å². The number of hydrogen-bond donors (Lipinski definition) is 2. The molecule has 2 heterocycles. The van der Waals surface area contributed by atoms with Crippen LogP contribution < -0.4 is 15.5 Å². The minimum Gasteiger partial charge on any atom is -0.377 e. The maximum Gasteiger partial charge on any atom is 0.319 e. The summed E-state index contributed by atoms with van der Waals surface area (Å²) in [6.45, 7) is 5.10. The van der Waals surface area contributed by atoms with Gasteiger partial charge in [-0.1, -0.05) is 13.8 Å². The van der Waals surface area contributed by atoms with E-state index in [9.17, 15) is 4.79 Å². The first kappa shape index (κ1) is 15.1. The van der Waals surface area contributed by atoms with E-state index in [2.05, 4.69) is 29.5 Å². The Bertz CT molecular complexity index is 556. The van der Waals surface area contributed by atoms with Crippen molar-refractivity contribution < 1.29 is 9.53 Å². The third-order valence-electron chi connectivity index (χ3n) is 4.85. The van der Waals surface area contributed by atoms with E-state index in [0.29, 0.717) is 11.6 Å². The van der Waals surface area contributed by atoms with Crippen LogP contribution in [0.5, 0.6) is 0 Å². The van der Waals surface area contributed by atoms with Gasteiger partial charge in [0.1, 0.15) is 5.82 Å². The zero-order valence-corrected chi connectivity index (χ0v) is 13.6. The Balaban J connectivity index is 1.58. The molecule has 0 unspecified atom stereocenters. The largest absolute Gasteiger partial charge is 0.377 e. The molecule has 0 bridgehead atoms. The number of nitrogens with zero attached hydrogens (tertiary/aromatic N) is 2. The average molecular weight is 304 g/mol. The fourth-order valence-corrected chi connectivity index (χ4v) is 3.65. The quantitative estimate of drug-likeness (QED) is 0.897. The predicted octanol–water partition coefficient (Wildman–Crippen LogP) is 2.08. The molecular formula is C16H24N4O2. The van der Waals surface area contributed by atoms with Gasteiger partial charge < -0.3 is 20.3 Å². The van der Waals surface area contributed by atoms with Gasteiger partial charge in [-0.25, -0.2) is 9.78 Å². The molecule has 2 aliphatic rings. The summed E-state index contributed by atoms with van der Waals surface area (Å²) in [7, 11) is 3.86. The first-order valence-corrected chi connectivity index (χ1v) is 7.72. The maximum absolute atomic E-state index is 12.2. The van der Waals surface area contributed by atoms with Gasteiger partial charge in [0, 0.05) is 38.1 Å². The van der Waals surface area contributed by atoms with Gasteiger partial charge in [-0.2, -0.15) is 0 Å². The highest BCUT2D eigenvalue weighted by atomic mass is 16.5. The van der Waals surface area contributed by atoms with Gasteiger partial charge in [-0.05, 0) is 18.6 Å². The molecule has 120 valence electrons. The summed E-state index contributed by atoms with van der Waals surface area (Å²) in [5.41, 5.74) is 0.686. The van der Waals surface area contributed by atoms with E-state index >= 15 is 0 Å². The molecule has 1 aromatic rings. The number of nitrogens with one attached hydrogen (secondary N) is 2. The summed E-state index contributed by atoms with van der Waals surface area (Å²) in [6.07, 6.45) is 2.97. The molecule has 1 aliphatic heterocycles. The van der Waals surface area contributed by atoms with Gasteiger partial charge in [0.2, 0.25) is 0 Å². The van der Waals surface area contributed by atoms with Gasteiger partial charge in [-0.3, -0.25) is 0 Å². The molecule has 1 aromatic heterocycles. The maximum atomic E-state index is 12.2. The topological polar surface area (TPSA) is 66.5 Å². The van der Waals surface area contributed by atoms with Crippen molar-refractivity contribution in [1.82, 2.24) is 10.3 Å². The highest BCUT2D eigenvalue weighted by Crippen LogP contribution is 2.52. The van der Waals surface area contributed by atoms with Crippen molar-refractivity contribution in [2.45, 2.75) is 32.4 Å². The van der Waals surface area contributed by atoms with E-state index in [1.54, 1.807) is 6.20 Å². The Morgan fingerprint density at radius 1 is 1.41 bits per heavy atom. The van der Waals surface area contributed by atoms with Crippen LogP contribution in [0.25, 0.3) is 0 Å². The van der Waals surface area contributed by atoms with Gasteiger partial charge in [0.25, 0.3) is 0 Å². The van der Waals surface area contributed by atoms with Gasteiger partial charge in [0.15, 0.2) is 0 Å². The van der Waals surface area contributed by atoms with Crippen LogP contribution in [0.3, 0.4) is 0 Å².